The third-order valence-corrected chi connectivity index (χ3v) is 2.62. The maximum Gasteiger partial charge on any atom is 0.241 e. The smallest absolute Gasteiger partial charge is 0.241 e. The Kier molecular flexibility index (Phi) is 4.63. The standard InChI is InChI=1S/C14H12N4O/c1-9(2)13(8-17)14(19)18-12-4-3-10(6-15)11(5-12)7-16/h3-5,9,13H,1-2H3,(H,18,19). The molecule has 0 saturated carbocycles. The Labute approximate surface area is 111 Å². The topological polar surface area (TPSA) is 100 Å². The molecule has 0 bridgehead atoms. The van der Waals surface area contributed by atoms with E-state index in [0.717, 1.165) is 0 Å². The first-order valence-corrected chi connectivity index (χ1v) is 5.68. The number of hydrogen-bond acceptors (Lipinski definition) is 4. The molecule has 1 unspecified atom stereocenters. The molecule has 1 rings (SSSR count). The number of nitrogens with zero attached hydrogens (tertiary/aromatic N) is 3. The van der Waals surface area contributed by atoms with E-state index in [1.807, 2.05) is 18.2 Å². The third kappa shape index (κ3) is 3.31. The van der Waals surface area contributed by atoms with Crippen molar-refractivity contribution in [2.24, 2.45) is 11.8 Å². The molecule has 1 aromatic rings. The Hall–Kier alpha value is -2.84. The van der Waals surface area contributed by atoms with Gasteiger partial charge >= 0.3 is 0 Å². The van der Waals surface area contributed by atoms with Gasteiger partial charge in [-0.15, -0.1) is 0 Å². The van der Waals surface area contributed by atoms with Crippen LogP contribution in [0, 0.1) is 45.8 Å². The molecular formula is C14H12N4O. The largest absolute Gasteiger partial charge is 0.325 e. The van der Waals surface area contributed by atoms with Crippen LogP contribution in [0.4, 0.5) is 5.69 Å². The van der Waals surface area contributed by atoms with Crippen molar-refractivity contribution >= 4 is 11.6 Å². The second kappa shape index (κ2) is 6.19. The first kappa shape index (κ1) is 14.2. The molecule has 0 fully saturated rings. The summed E-state index contributed by atoms with van der Waals surface area (Å²) in [6.07, 6.45) is 0. The minimum Gasteiger partial charge on any atom is -0.325 e. The van der Waals surface area contributed by atoms with Crippen molar-refractivity contribution in [1.82, 2.24) is 0 Å². The van der Waals surface area contributed by atoms with Crippen molar-refractivity contribution in [2.75, 3.05) is 5.32 Å². The van der Waals surface area contributed by atoms with Crippen LogP contribution in [0.25, 0.3) is 0 Å². The van der Waals surface area contributed by atoms with Gasteiger partial charge in [-0.05, 0) is 24.1 Å². The molecule has 0 aliphatic carbocycles. The van der Waals surface area contributed by atoms with Crippen molar-refractivity contribution in [1.29, 1.82) is 15.8 Å². The number of rotatable bonds is 3. The predicted molar refractivity (Wildman–Crippen MR) is 68.4 cm³/mol. The molecule has 0 saturated heterocycles. The molecule has 0 aliphatic heterocycles. The fourth-order valence-electron chi connectivity index (χ4n) is 1.54. The van der Waals surface area contributed by atoms with E-state index in [1.165, 1.54) is 18.2 Å². The summed E-state index contributed by atoms with van der Waals surface area (Å²) >= 11 is 0. The summed E-state index contributed by atoms with van der Waals surface area (Å²) in [5.41, 5.74) is 0.848. The first-order chi connectivity index (χ1) is 9.03. The Bertz CT molecular complexity index is 614. The third-order valence-electron chi connectivity index (χ3n) is 2.62. The molecule has 1 amide bonds. The molecule has 94 valence electrons. The highest BCUT2D eigenvalue weighted by Crippen LogP contribution is 2.17. The summed E-state index contributed by atoms with van der Waals surface area (Å²) in [6.45, 7) is 3.57. The van der Waals surface area contributed by atoms with Crippen LogP contribution < -0.4 is 5.32 Å². The molecule has 1 aromatic carbocycles. The van der Waals surface area contributed by atoms with Gasteiger partial charge in [0.05, 0.1) is 17.2 Å². The number of nitriles is 3. The molecule has 0 radical (unpaired) electrons. The van der Waals surface area contributed by atoms with Gasteiger partial charge in [0.2, 0.25) is 5.91 Å². The number of amides is 1. The van der Waals surface area contributed by atoms with Gasteiger partial charge in [-0.2, -0.15) is 15.8 Å². The minimum atomic E-state index is -0.749. The SMILES string of the molecule is CC(C)C(C#N)C(=O)Nc1ccc(C#N)c(C#N)c1. The van der Waals surface area contributed by atoms with Crippen molar-refractivity contribution in [3.63, 3.8) is 0 Å². The number of hydrogen-bond donors (Lipinski definition) is 1. The molecular weight excluding hydrogens is 240 g/mol. The lowest BCUT2D eigenvalue weighted by atomic mass is 9.96. The highest BCUT2D eigenvalue weighted by molar-refractivity contribution is 5.94. The maximum atomic E-state index is 11.9. The number of benzene rings is 1. The van der Waals surface area contributed by atoms with E-state index in [2.05, 4.69) is 5.32 Å². The van der Waals surface area contributed by atoms with Gasteiger partial charge in [-0.1, -0.05) is 13.8 Å². The van der Waals surface area contributed by atoms with E-state index in [0.29, 0.717) is 5.69 Å². The lowest BCUT2D eigenvalue weighted by molar-refractivity contribution is -0.119. The molecule has 5 nitrogen and oxygen atoms in total. The lowest BCUT2D eigenvalue weighted by Gasteiger charge is -2.13. The fraction of sp³-hybridized carbons (Fsp3) is 0.286. The molecule has 0 aliphatic rings. The van der Waals surface area contributed by atoms with E-state index >= 15 is 0 Å². The average molecular weight is 252 g/mol. The Morgan fingerprint density at radius 1 is 1.16 bits per heavy atom. The number of carbonyl (C=O) groups excluding carboxylic acids is 1. The Morgan fingerprint density at radius 3 is 2.26 bits per heavy atom. The molecule has 19 heavy (non-hydrogen) atoms. The lowest BCUT2D eigenvalue weighted by Crippen LogP contribution is -2.25. The van der Waals surface area contributed by atoms with Crippen LogP contribution in [0.3, 0.4) is 0 Å². The highest BCUT2D eigenvalue weighted by Gasteiger charge is 2.21. The van der Waals surface area contributed by atoms with E-state index < -0.39 is 11.8 Å². The quantitative estimate of drug-likeness (QED) is 0.890. The highest BCUT2D eigenvalue weighted by atomic mass is 16.1. The van der Waals surface area contributed by atoms with Crippen molar-refractivity contribution in [2.45, 2.75) is 13.8 Å². The van der Waals surface area contributed by atoms with E-state index in [1.54, 1.807) is 13.8 Å². The van der Waals surface area contributed by atoms with Crippen LogP contribution in [-0.4, -0.2) is 5.91 Å². The predicted octanol–water partition coefficient (Wildman–Crippen LogP) is 2.16. The number of anilines is 1. The summed E-state index contributed by atoms with van der Waals surface area (Å²) in [5.74, 6) is -1.26. The van der Waals surface area contributed by atoms with Gasteiger partial charge in [0.25, 0.3) is 0 Å². The minimum absolute atomic E-state index is 0.0983. The van der Waals surface area contributed by atoms with Crippen molar-refractivity contribution in [3.8, 4) is 18.2 Å². The molecule has 0 heterocycles. The first-order valence-electron chi connectivity index (χ1n) is 5.68. The molecule has 1 N–H and O–H groups in total. The summed E-state index contributed by atoms with van der Waals surface area (Å²) < 4.78 is 0. The molecule has 0 aromatic heterocycles. The molecule has 1 atom stereocenters. The maximum absolute atomic E-state index is 11.9. The Balaban J connectivity index is 2.97. The summed E-state index contributed by atoms with van der Waals surface area (Å²) in [6, 6.07) is 10.1. The second-order valence-electron chi connectivity index (χ2n) is 4.32. The fourth-order valence-corrected chi connectivity index (χ4v) is 1.54. The normalized spacial score (nSPS) is 10.9. The van der Waals surface area contributed by atoms with Gasteiger partial charge in [-0.25, -0.2) is 0 Å². The average Bonchev–Trinajstić information content (AvgIpc) is 2.38. The van der Waals surface area contributed by atoms with Crippen LogP contribution in [0.5, 0.6) is 0 Å². The van der Waals surface area contributed by atoms with Gasteiger partial charge in [0.1, 0.15) is 18.1 Å². The zero-order valence-electron chi connectivity index (χ0n) is 10.6. The summed E-state index contributed by atoms with van der Waals surface area (Å²) in [7, 11) is 0. The molecule has 5 heteroatoms. The van der Waals surface area contributed by atoms with Crippen LogP contribution >= 0.6 is 0 Å². The monoisotopic (exact) mass is 252 g/mol. The van der Waals surface area contributed by atoms with E-state index in [9.17, 15) is 4.79 Å². The van der Waals surface area contributed by atoms with Crippen LogP contribution in [-0.2, 0) is 4.79 Å². The van der Waals surface area contributed by atoms with E-state index in [-0.39, 0.29) is 17.0 Å². The van der Waals surface area contributed by atoms with Crippen LogP contribution in [0.15, 0.2) is 18.2 Å². The number of nitrogens with one attached hydrogen (secondary N) is 1. The summed E-state index contributed by atoms with van der Waals surface area (Å²) in [4.78, 5) is 11.9. The zero-order chi connectivity index (χ0) is 14.4. The molecule has 0 spiro atoms. The van der Waals surface area contributed by atoms with Gasteiger partial charge in [0.15, 0.2) is 0 Å². The van der Waals surface area contributed by atoms with Crippen molar-refractivity contribution < 1.29 is 4.79 Å². The Morgan fingerprint density at radius 2 is 1.79 bits per heavy atom. The number of carbonyl (C=O) groups is 1. The van der Waals surface area contributed by atoms with Crippen LogP contribution in [0.1, 0.15) is 25.0 Å². The van der Waals surface area contributed by atoms with Crippen LogP contribution in [0.2, 0.25) is 0 Å². The van der Waals surface area contributed by atoms with Gasteiger partial charge in [0, 0.05) is 5.69 Å². The van der Waals surface area contributed by atoms with Gasteiger partial charge in [-0.3, -0.25) is 4.79 Å². The van der Waals surface area contributed by atoms with Crippen molar-refractivity contribution in [3.05, 3.63) is 29.3 Å². The zero-order valence-corrected chi connectivity index (χ0v) is 10.6. The summed E-state index contributed by atoms with van der Waals surface area (Å²) in [5, 5.41) is 29.2. The second-order valence-corrected chi connectivity index (χ2v) is 4.32. The van der Waals surface area contributed by atoms with Gasteiger partial charge < -0.3 is 5.32 Å². The van der Waals surface area contributed by atoms with E-state index in [4.69, 9.17) is 15.8 Å².